The van der Waals surface area contributed by atoms with E-state index < -0.39 is 0 Å². The van der Waals surface area contributed by atoms with Crippen molar-refractivity contribution < 1.29 is 0 Å². The zero-order valence-corrected chi connectivity index (χ0v) is 6.84. The highest BCUT2D eigenvalue weighted by Crippen LogP contribution is 2.13. The SMILES string of the molecule is C1CNCC(C2CCNC2)[N]1. The third-order valence-electron chi connectivity index (χ3n) is 2.65. The van der Waals surface area contributed by atoms with Gasteiger partial charge in [0.05, 0.1) is 0 Å². The molecule has 3 nitrogen and oxygen atoms in total. The lowest BCUT2D eigenvalue weighted by molar-refractivity contribution is 0.318. The molecule has 2 N–H and O–H groups in total. The highest BCUT2D eigenvalue weighted by atomic mass is 15.1. The molecule has 3 heteroatoms. The normalized spacial score (nSPS) is 39.3. The smallest absolute Gasteiger partial charge is 0.0412 e. The van der Waals surface area contributed by atoms with Crippen LogP contribution in [0.25, 0.3) is 0 Å². The molecule has 11 heavy (non-hydrogen) atoms. The van der Waals surface area contributed by atoms with Crippen molar-refractivity contribution in [2.75, 3.05) is 32.7 Å². The van der Waals surface area contributed by atoms with Crippen LogP contribution in [0.1, 0.15) is 6.42 Å². The lowest BCUT2D eigenvalue weighted by Gasteiger charge is -2.27. The molecule has 0 aromatic rings. The molecular formula is C8H16N3. The first kappa shape index (κ1) is 7.53. The molecule has 2 atom stereocenters. The first-order valence-electron chi connectivity index (χ1n) is 4.55. The van der Waals surface area contributed by atoms with Crippen molar-refractivity contribution in [1.82, 2.24) is 16.0 Å². The first-order valence-corrected chi connectivity index (χ1v) is 4.55. The Balaban J connectivity index is 1.82. The topological polar surface area (TPSA) is 38.2 Å². The van der Waals surface area contributed by atoms with Gasteiger partial charge in [0.25, 0.3) is 0 Å². The van der Waals surface area contributed by atoms with E-state index >= 15 is 0 Å². The fraction of sp³-hybridized carbons (Fsp3) is 1.00. The minimum Gasteiger partial charge on any atom is -0.316 e. The average molecular weight is 154 g/mol. The van der Waals surface area contributed by atoms with Gasteiger partial charge in [-0.3, -0.25) is 0 Å². The van der Waals surface area contributed by atoms with E-state index in [2.05, 4.69) is 16.0 Å². The van der Waals surface area contributed by atoms with Crippen LogP contribution in [0.2, 0.25) is 0 Å². The van der Waals surface area contributed by atoms with Crippen LogP contribution in [-0.4, -0.2) is 38.8 Å². The van der Waals surface area contributed by atoms with Gasteiger partial charge in [0, 0.05) is 25.7 Å². The molecule has 0 aromatic carbocycles. The minimum atomic E-state index is 0.596. The highest BCUT2D eigenvalue weighted by Gasteiger charge is 2.26. The molecule has 2 rings (SSSR count). The lowest BCUT2D eigenvalue weighted by Crippen LogP contribution is -2.48. The van der Waals surface area contributed by atoms with E-state index in [-0.39, 0.29) is 0 Å². The number of hydrogen-bond donors (Lipinski definition) is 2. The Morgan fingerprint density at radius 3 is 2.64 bits per heavy atom. The molecule has 0 saturated carbocycles. The summed E-state index contributed by atoms with van der Waals surface area (Å²) < 4.78 is 0. The van der Waals surface area contributed by atoms with E-state index in [0.29, 0.717) is 6.04 Å². The molecule has 1 radical (unpaired) electrons. The van der Waals surface area contributed by atoms with E-state index in [9.17, 15) is 0 Å². The monoisotopic (exact) mass is 154 g/mol. The molecule has 2 saturated heterocycles. The molecule has 0 aromatic heterocycles. The molecule has 2 heterocycles. The Morgan fingerprint density at radius 2 is 2.00 bits per heavy atom. The number of hydrogen-bond acceptors (Lipinski definition) is 2. The maximum atomic E-state index is 4.61. The van der Waals surface area contributed by atoms with Gasteiger partial charge in [-0.05, 0) is 25.4 Å². The summed E-state index contributed by atoms with van der Waals surface area (Å²) in [5.41, 5.74) is 0. The van der Waals surface area contributed by atoms with Gasteiger partial charge in [0.15, 0.2) is 0 Å². The zero-order chi connectivity index (χ0) is 7.52. The molecule has 0 bridgehead atoms. The van der Waals surface area contributed by atoms with E-state index in [0.717, 1.165) is 25.6 Å². The second kappa shape index (κ2) is 3.52. The van der Waals surface area contributed by atoms with Gasteiger partial charge in [-0.15, -0.1) is 0 Å². The average Bonchev–Trinajstić information content (AvgIpc) is 2.58. The summed E-state index contributed by atoms with van der Waals surface area (Å²) in [5.74, 6) is 0.808. The fourth-order valence-corrected chi connectivity index (χ4v) is 1.95. The van der Waals surface area contributed by atoms with Gasteiger partial charge in [-0.2, -0.15) is 0 Å². The van der Waals surface area contributed by atoms with Crippen LogP contribution in [0.5, 0.6) is 0 Å². The molecular weight excluding hydrogens is 138 g/mol. The Labute approximate surface area is 67.9 Å². The molecule has 2 fully saturated rings. The summed E-state index contributed by atoms with van der Waals surface area (Å²) in [4.78, 5) is 0. The van der Waals surface area contributed by atoms with Crippen LogP contribution in [0.4, 0.5) is 0 Å². The summed E-state index contributed by atoms with van der Waals surface area (Å²) in [6.45, 7) is 5.57. The van der Waals surface area contributed by atoms with Gasteiger partial charge in [-0.25, -0.2) is 5.32 Å². The van der Waals surface area contributed by atoms with Crippen LogP contribution < -0.4 is 16.0 Å². The van der Waals surface area contributed by atoms with E-state index in [1.54, 1.807) is 0 Å². The van der Waals surface area contributed by atoms with Gasteiger partial charge < -0.3 is 10.6 Å². The second-order valence-corrected chi connectivity index (χ2v) is 3.43. The first-order chi connectivity index (χ1) is 5.47. The summed E-state index contributed by atoms with van der Waals surface area (Å²) in [5, 5.41) is 11.4. The van der Waals surface area contributed by atoms with Gasteiger partial charge in [-0.1, -0.05) is 0 Å². The van der Waals surface area contributed by atoms with Crippen molar-refractivity contribution in [1.29, 1.82) is 0 Å². The molecule has 0 amide bonds. The third-order valence-corrected chi connectivity index (χ3v) is 2.65. The molecule has 2 unspecified atom stereocenters. The molecule has 2 aliphatic rings. The quantitative estimate of drug-likeness (QED) is 0.517. The fourth-order valence-electron chi connectivity index (χ4n) is 1.95. The van der Waals surface area contributed by atoms with Crippen LogP contribution in [-0.2, 0) is 0 Å². The van der Waals surface area contributed by atoms with Crippen molar-refractivity contribution in [2.24, 2.45) is 5.92 Å². The van der Waals surface area contributed by atoms with Crippen molar-refractivity contribution in [3.63, 3.8) is 0 Å². The molecule has 0 spiro atoms. The zero-order valence-electron chi connectivity index (χ0n) is 6.84. The Morgan fingerprint density at radius 1 is 1.09 bits per heavy atom. The minimum absolute atomic E-state index is 0.596. The summed E-state index contributed by atoms with van der Waals surface area (Å²) >= 11 is 0. The third kappa shape index (κ3) is 1.72. The Bertz CT molecular complexity index is 115. The summed E-state index contributed by atoms with van der Waals surface area (Å²) in [6, 6.07) is 0.596. The largest absolute Gasteiger partial charge is 0.316 e. The van der Waals surface area contributed by atoms with E-state index in [4.69, 9.17) is 0 Å². The number of piperazine rings is 1. The lowest BCUT2D eigenvalue weighted by atomic mass is 9.98. The van der Waals surface area contributed by atoms with Gasteiger partial charge in [0.2, 0.25) is 0 Å². The number of nitrogens with zero attached hydrogens (tertiary/aromatic N) is 1. The maximum Gasteiger partial charge on any atom is 0.0412 e. The van der Waals surface area contributed by atoms with Crippen molar-refractivity contribution in [2.45, 2.75) is 12.5 Å². The van der Waals surface area contributed by atoms with Crippen molar-refractivity contribution >= 4 is 0 Å². The van der Waals surface area contributed by atoms with Crippen LogP contribution in [0.15, 0.2) is 0 Å². The Hall–Kier alpha value is -0.120. The highest BCUT2D eigenvalue weighted by molar-refractivity contribution is 4.86. The summed E-state index contributed by atoms with van der Waals surface area (Å²) in [6.07, 6.45) is 1.32. The van der Waals surface area contributed by atoms with Crippen LogP contribution >= 0.6 is 0 Å². The van der Waals surface area contributed by atoms with Crippen molar-refractivity contribution in [3.8, 4) is 0 Å². The number of rotatable bonds is 1. The van der Waals surface area contributed by atoms with Crippen molar-refractivity contribution in [3.05, 3.63) is 0 Å². The van der Waals surface area contributed by atoms with Crippen LogP contribution in [0, 0.1) is 5.92 Å². The molecule has 0 aliphatic carbocycles. The van der Waals surface area contributed by atoms with Crippen LogP contribution in [0.3, 0.4) is 0 Å². The summed E-state index contributed by atoms with van der Waals surface area (Å²) in [7, 11) is 0. The Kier molecular flexibility index (Phi) is 2.41. The molecule has 63 valence electrons. The predicted molar refractivity (Wildman–Crippen MR) is 44.6 cm³/mol. The standard InChI is InChI=1S/C8H16N3/c1-2-9-5-7(1)8-6-10-3-4-11-8/h7-10H,1-6H2. The van der Waals surface area contributed by atoms with Gasteiger partial charge in [0.1, 0.15) is 0 Å². The maximum absolute atomic E-state index is 4.61. The molecule has 2 aliphatic heterocycles. The van der Waals surface area contributed by atoms with E-state index in [1.807, 2.05) is 0 Å². The number of nitrogens with one attached hydrogen (secondary N) is 2. The van der Waals surface area contributed by atoms with Gasteiger partial charge >= 0.3 is 0 Å². The predicted octanol–water partition coefficient (Wildman–Crippen LogP) is -0.828. The second-order valence-electron chi connectivity index (χ2n) is 3.43. The van der Waals surface area contributed by atoms with E-state index in [1.165, 1.54) is 19.5 Å².